The van der Waals surface area contributed by atoms with Gasteiger partial charge in [-0.1, -0.05) is 54.1 Å². The first kappa shape index (κ1) is 28.6. The molecule has 2 amide bonds. The summed E-state index contributed by atoms with van der Waals surface area (Å²) in [4.78, 5) is 33.1. The lowest BCUT2D eigenvalue weighted by Crippen LogP contribution is -2.40. The van der Waals surface area contributed by atoms with Gasteiger partial charge in [-0.2, -0.15) is 0 Å². The fraction of sp³-hybridized carbons (Fsp3) is 0.355. The molecule has 0 saturated heterocycles. The molecule has 0 fully saturated rings. The van der Waals surface area contributed by atoms with E-state index in [2.05, 4.69) is 4.90 Å². The number of hydrogen-bond donors (Lipinski definition) is 0. The number of amides is 2. The van der Waals surface area contributed by atoms with E-state index in [1.165, 1.54) is 12.7 Å². The third-order valence-electron chi connectivity index (χ3n) is 6.91. The fourth-order valence-corrected chi connectivity index (χ4v) is 5.12. The fourth-order valence-electron chi connectivity index (χ4n) is 4.99. The van der Waals surface area contributed by atoms with E-state index in [0.29, 0.717) is 36.0 Å². The minimum atomic E-state index is -0.103. The summed E-state index contributed by atoms with van der Waals surface area (Å²) >= 11 is 6.10. The molecule has 0 radical (unpaired) electrons. The van der Waals surface area contributed by atoms with Crippen LogP contribution in [0.4, 0.5) is 5.69 Å². The molecule has 1 aliphatic heterocycles. The molecule has 0 aromatic heterocycles. The van der Waals surface area contributed by atoms with Gasteiger partial charge in [0.1, 0.15) is 12.4 Å². The van der Waals surface area contributed by atoms with Crippen molar-refractivity contribution in [2.75, 3.05) is 51.9 Å². The van der Waals surface area contributed by atoms with Crippen LogP contribution in [0.25, 0.3) is 0 Å². The Morgan fingerprint density at radius 1 is 0.846 bits per heavy atom. The second-order valence-electron chi connectivity index (χ2n) is 9.64. The topological polar surface area (TPSA) is 62.3 Å². The van der Waals surface area contributed by atoms with E-state index < -0.39 is 0 Å². The van der Waals surface area contributed by atoms with Gasteiger partial charge in [0, 0.05) is 57.1 Å². The molecule has 0 spiro atoms. The summed E-state index contributed by atoms with van der Waals surface area (Å²) in [5.41, 5.74) is 3.42. The molecule has 206 valence electrons. The third kappa shape index (κ3) is 7.60. The number of nitrogens with zero attached hydrogens (tertiary/aromatic N) is 3. The average molecular weight is 550 g/mol. The number of methoxy groups -OCH3 is 2. The molecule has 1 aliphatic rings. The monoisotopic (exact) mass is 549 g/mol. The Labute approximate surface area is 235 Å². The first-order valence-corrected chi connectivity index (χ1v) is 13.6. The lowest BCUT2D eigenvalue weighted by atomic mass is 10.1. The lowest BCUT2D eigenvalue weighted by Gasteiger charge is -2.32. The molecule has 0 aliphatic carbocycles. The third-order valence-corrected chi connectivity index (χ3v) is 7.17. The number of anilines is 1. The Morgan fingerprint density at radius 2 is 1.54 bits per heavy atom. The zero-order valence-electron chi connectivity index (χ0n) is 22.6. The van der Waals surface area contributed by atoms with Crippen molar-refractivity contribution in [3.05, 3.63) is 94.5 Å². The van der Waals surface area contributed by atoms with Gasteiger partial charge in [0.15, 0.2) is 0 Å². The molecule has 3 aromatic rings. The smallest absolute Gasteiger partial charge is 0.257 e. The molecule has 0 bridgehead atoms. The number of fused-ring (bicyclic) bond motifs is 1. The Morgan fingerprint density at radius 3 is 2.28 bits per heavy atom. The highest BCUT2D eigenvalue weighted by molar-refractivity contribution is 6.30. The van der Waals surface area contributed by atoms with Gasteiger partial charge in [-0.15, -0.1) is 0 Å². The van der Waals surface area contributed by atoms with Gasteiger partial charge in [-0.25, -0.2) is 0 Å². The van der Waals surface area contributed by atoms with Crippen LogP contribution in [0.2, 0.25) is 5.02 Å². The first-order valence-electron chi connectivity index (χ1n) is 13.3. The van der Waals surface area contributed by atoms with Crippen molar-refractivity contribution in [2.45, 2.75) is 25.9 Å². The Hall–Kier alpha value is -3.39. The highest BCUT2D eigenvalue weighted by atomic mass is 35.5. The quantitative estimate of drug-likeness (QED) is 0.419. The SMILES string of the molecule is COCC(=O)N1CCCN(Cc2ccc(Cl)cc2)CCCN(C(=O)c2ccccc2OC)Cc2ccccc21. The van der Waals surface area contributed by atoms with Gasteiger partial charge >= 0.3 is 0 Å². The van der Waals surface area contributed by atoms with Gasteiger partial charge in [-0.05, 0) is 54.3 Å². The normalized spacial score (nSPS) is 15.2. The van der Waals surface area contributed by atoms with Crippen LogP contribution in [-0.2, 0) is 22.6 Å². The minimum Gasteiger partial charge on any atom is -0.496 e. The molecule has 4 rings (SSSR count). The van der Waals surface area contributed by atoms with Gasteiger partial charge in [-0.3, -0.25) is 14.5 Å². The van der Waals surface area contributed by atoms with Crippen molar-refractivity contribution in [3.8, 4) is 5.75 Å². The number of halogens is 1. The van der Waals surface area contributed by atoms with E-state index in [0.717, 1.165) is 43.7 Å². The highest BCUT2D eigenvalue weighted by Crippen LogP contribution is 2.26. The predicted octanol–water partition coefficient (Wildman–Crippen LogP) is 5.27. The molecule has 39 heavy (non-hydrogen) atoms. The van der Waals surface area contributed by atoms with Crippen LogP contribution in [0.15, 0.2) is 72.8 Å². The lowest BCUT2D eigenvalue weighted by molar-refractivity contribution is -0.122. The van der Waals surface area contributed by atoms with E-state index in [9.17, 15) is 9.59 Å². The highest BCUT2D eigenvalue weighted by Gasteiger charge is 2.24. The molecular weight excluding hydrogens is 514 g/mol. The van der Waals surface area contributed by atoms with Crippen LogP contribution in [0.5, 0.6) is 5.75 Å². The van der Waals surface area contributed by atoms with Crippen molar-refractivity contribution in [3.63, 3.8) is 0 Å². The van der Waals surface area contributed by atoms with E-state index >= 15 is 0 Å². The Kier molecular flexibility index (Phi) is 10.4. The summed E-state index contributed by atoms with van der Waals surface area (Å²) in [6, 6.07) is 23.0. The van der Waals surface area contributed by atoms with E-state index in [1.807, 2.05) is 65.6 Å². The van der Waals surface area contributed by atoms with Crippen molar-refractivity contribution in [1.82, 2.24) is 9.80 Å². The Bertz CT molecular complexity index is 1250. The van der Waals surface area contributed by atoms with Crippen molar-refractivity contribution in [2.24, 2.45) is 0 Å². The molecular formula is C31H36ClN3O4. The minimum absolute atomic E-state index is 0.00726. The molecule has 0 saturated carbocycles. The number of hydrogen-bond acceptors (Lipinski definition) is 5. The molecule has 0 unspecified atom stereocenters. The summed E-state index contributed by atoms with van der Waals surface area (Å²) in [5.74, 6) is 0.343. The zero-order chi connectivity index (χ0) is 27.6. The summed E-state index contributed by atoms with van der Waals surface area (Å²) in [5, 5.41) is 0.712. The summed E-state index contributed by atoms with van der Waals surface area (Å²) in [6.45, 7) is 3.87. The molecule has 7 nitrogen and oxygen atoms in total. The maximum Gasteiger partial charge on any atom is 0.257 e. The predicted molar refractivity (Wildman–Crippen MR) is 154 cm³/mol. The molecule has 0 N–H and O–H groups in total. The second kappa shape index (κ2) is 14.1. The van der Waals surface area contributed by atoms with Gasteiger partial charge in [0.25, 0.3) is 11.8 Å². The van der Waals surface area contributed by atoms with Gasteiger partial charge < -0.3 is 19.3 Å². The number of carbonyl (C=O) groups excluding carboxylic acids is 2. The second-order valence-corrected chi connectivity index (χ2v) is 10.1. The van der Waals surface area contributed by atoms with Crippen LogP contribution < -0.4 is 9.64 Å². The van der Waals surface area contributed by atoms with Crippen LogP contribution in [0.1, 0.15) is 34.3 Å². The number of para-hydroxylation sites is 2. The van der Waals surface area contributed by atoms with Crippen molar-refractivity contribution in [1.29, 1.82) is 0 Å². The maximum absolute atomic E-state index is 13.8. The summed E-state index contributed by atoms with van der Waals surface area (Å²) in [6.07, 6.45) is 1.62. The largest absolute Gasteiger partial charge is 0.496 e. The van der Waals surface area contributed by atoms with Crippen LogP contribution in [0.3, 0.4) is 0 Å². The molecule has 1 heterocycles. The molecule has 0 atom stereocenters. The number of ether oxygens (including phenoxy) is 2. The van der Waals surface area contributed by atoms with Crippen LogP contribution in [0, 0.1) is 0 Å². The zero-order valence-corrected chi connectivity index (χ0v) is 23.4. The van der Waals surface area contributed by atoms with Gasteiger partial charge in [0.2, 0.25) is 0 Å². The number of carbonyl (C=O) groups is 2. The number of rotatable bonds is 6. The summed E-state index contributed by atoms with van der Waals surface area (Å²) in [7, 11) is 3.10. The standard InChI is InChI=1S/C31H36ClN3O4/c1-38-23-30(36)35-20-8-18-33(21-24-13-15-26(32)16-14-24)17-7-19-34(22-25-9-3-5-11-28(25)35)31(37)27-10-4-6-12-29(27)39-2/h3-6,9-16H,7-8,17-23H2,1-2H3. The van der Waals surface area contributed by atoms with Crippen LogP contribution >= 0.6 is 11.6 Å². The average Bonchev–Trinajstić information content (AvgIpc) is 2.95. The summed E-state index contributed by atoms with van der Waals surface area (Å²) < 4.78 is 10.7. The molecule has 3 aromatic carbocycles. The van der Waals surface area contributed by atoms with Crippen molar-refractivity contribution >= 4 is 29.1 Å². The Balaban J connectivity index is 1.66. The van der Waals surface area contributed by atoms with Crippen LogP contribution in [-0.4, -0.2) is 68.6 Å². The van der Waals surface area contributed by atoms with E-state index in [-0.39, 0.29) is 18.4 Å². The van der Waals surface area contributed by atoms with E-state index in [1.54, 1.807) is 24.1 Å². The molecule has 8 heteroatoms. The van der Waals surface area contributed by atoms with E-state index in [4.69, 9.17) is 21.1 Å². The number of benzene rings is 3. The van der Waals surface area contributed by atoms with Gasteiger partial charge in [0.05, 0.1) is 12.7 Å². The first-order chi connectivity index (χ1) is 19.0. The van der Waals surface area contributed by atoms with Crippen molar-refractivity contribution < 1.29 is 19.1 Å². The maximum atomic E-state index is 13.8.